The average Bonchev–Trinajstić information content (AvgIpc) is 1.96. The maximum Gasteiger partial charge on any atom is 0.0910 e. The molecule has 0 spiro atoms. The van der Waals surface area contributed by atoms with Gasteiger partial charge in [-0.05, 0) is 19.3 Å². The van der Waals surface area contributed by atoms with Crippen molar-refractivity contribution in [2.24, 2.45) is 11.3 Å². The molecule has 78 valence electrons. The molecule has 1 unspecified atom stereocenters. The highest BCUT2D eigenvalue weighted by Gasteiger charge is 2.51. The third kappa shape index (κ3) is 2.05. The summed E-state index contributed by atoms with van der Waals surface area (Å²) in [7, 11) is 0. The molecule has 0 bridgehead atoms. The lowest BCUT2D eigenvalue weighted by atomic mass is 9.70. The zero-order chi connectivity index (χ0) is 10.2. The molecule has 1 rings (SSSR count). The lowest BCUT2D eigenvalue weighted by Gasteiger charge is -2.53. The predicted octanol–water partition coefficient (Wildman–Crippen LogP) is 2.21. The van der Waals surface area contributed by atoms with E-state index in [0.29, 0.717) is 12.0 Å². The minimum absolute atomic E-state index is 0.0243. The summed E-state index contributed by atoms with van der Waals surface area (Å²) in [6.07, 6.45) is 1.10. The first-order valence-corrected chi connectivity index (χ1v) is 5.19. The van der Waals surface area contributed by atoms with Gasteiger partial charge in [-0.25, -0.2) is 0 Å². The molecule has 0 amide bonds. The summed E-state index contributed by atoms with van der Waals surface area (Å²) >= 11 is 0. The molecular formula is C11H22O2. The first kappa shape index (κ1) is 11.0. The van der Waals surface area contributed by atoms with Gasteiger partial charge < -0.3 is 9.84 Å². The summed E-state index contributed by atoms with van der Waals surface area (Å²) in [6.45, 7) is 10.6. The van der Waals surface area contributed by atoms with Gasteiger partial charge in [0.05, 0.1) is 18.3 Å². The number of aliphatic hydroxyl groups is 1. The molecule has 1 N–H and O–H groups in total. The van der Waals surface area contributed by atoms with Crippen LogP contribution < -0.4 is 0 Å². The fraction of sp³-hybridized carbons (Fsp3) is 1.00. The van der Waals surface area contributed by atoms with E-state index < -0.39 is 0 Å². The fourth-order valence-electron chi connectivity index (χ4n) is 2.16. The first-order chi connectivity index (χ1) is 5.85. The lowest BCUT2D eigenvalue weighted by molar-refractivity contribution is -0.268. The minimum atomic E-state index is -0.349. The zero-order valence-electron chi connectivity index (χ0n) is 9.37. The van der Waals surface area contributed by atoms with E-state index in [2.05, 4.69) is 27.7 Å². The number of hydrogen-bond donors (Lipinski definition) is 1. The Morgan fingerprint density at radius 3 is 2.15 bits per heavy atom. The number of aliphatic hydroxyl groups excluding tert-OH is 1. The van der Waals surface area contributed by atoms with Crippen LogP contribution in [0.25, 0.3) is 0 Å². The average molecular weight is 186 g/mol. The van der Waals surface area contributed by atoms with Gasteiger partial charge in [-0.3, -0.25) is 0 Å². The van der Waals surface area contributed by atoms with Crippen LogP contribution in [0.3, 0.4) is 0 Å². The van der Waals surface area contributed by atoms with Crippen LogP contribution in [0.1, 0.15) is 41.0 Å². The summed E-state index contributed by atoms with van der Waals surface area (Å²) in [5.74, 6) is 0.666. The summed E-state index contributed by atoms with van der Waals surface area (Å²) in [4.78, 5) is 0. The Hall–Kier alpha value is -0.0800. The van der Waals surface area contributed by atoms with Crippen LogP contribution in [0.4, 0.5) is 0 Å². The van der Waals surface area contributed by atoms with Gasteiger partial charge in [0.25, 0.3) is 0 Å². The van der Waals surface area contributed by atoms with E-state index in [4.69, 9.17) is 4.74 Å². The fourth-order valence-corrected chi connectivity index (χ4v) is 2.16. The molecule has 0 aromatic heterocycles. The predicted molar refractivity (Wildman–Crippen MR) is 53.6 cm³/mol. The Kier molecular flexibility index (Phi) is 3.03. The largest absolute Gasteiger partial charge is 0.391 e. The van der Waals surface area contributed by atoms with Crippen molar-refractivity contribution in [3.63, 3.8) is 0 Å². The Bertz CT molecular complexity index is 173. The Morgan fingerprint density at radius 2 is 1.85 bits per heavy atom. The van der Waals surface area contributed by atoms with E-state index in [1.54, 1.807) is 6.92 Å². The highest BCUT2D eigenvalue weighted by molar-refractivity contribution is 4.98. The molecule has 0 aromatic rings. The molecule has 0 saturated carbocycles. The van der Waals surface area contributed by atoms with E-state index in [0.717, 1.165) is 6.42 Å². The van der Waals surface area contributed by atoms with Crippen molar-refractivity contribution >= 4 is 0 Å². The van der Waals surface area contributed by atoms with Crippen molar-refractivity contribution in [3.8, 4) is 0 Å². The third-order valence-corrected chi connectivity index (χ3v) is 3.00. The first-order valence-electron chi connectivity index (χ1n) is 5.19. The summed E-state index contributed by atoms with van der Waals surface area (Å²) in [5, 5.41) is 9.43. The molecule has 1 aliphatic heterocycles. The maximum atomic E-state index is 9.43. The van der Waals surface area contributed by atoms with E-state index in [1.165, 1.54) is 0 Å². The van der Waals surface area contributed by atoms with Gasteiger partial charge >= 0.3 is 0 Å². The summed E-state index contributed by atoms with van der Waals surface area (Å²) < 4.78 is 5.68. The zero-order valence-corrected chi connectivity index (χ0v) is 9.37. The second-order valence-electron chi connectivity index (χ2n) is 5.24. The van der Waals surface area contributed by atoms with Crippen molar-refractivity contribution in [2.45, 2.75) is 59.4 Å². The van der Waals surface area contributed by atoms with Crippen LogP contribution in [0.15, 0.2) is 0 Å². The molecule has 0 radical (unpaired) electrons. The maximum absolute atomic E-state index is 9.43. The monoisotopic (exact) mass is 186 g/mol. The van der Waals surface area contributed by atoms with Gasteiger partial charge in [0.2, 0.25) is 0 Å². The van der Waals surface area contributed by atoms with Crippen molar-refractivity contribution in [2.75, 3.05) is 0 Å². The molecule has 3 atom stereocenters. The molecule has 0 aliphatic carbocycles. The standard InChI is InChI=1S/C11H22O2/c1-7(2)6-9-11(4,5)10(13-9)8(3)12/h7-10,12H,6H2,1-5H3/t8?,9-,10+/m0/s1. The molecule has 1 aliphatic rings. The molecule has 0 aromatic carbocycles. The topological polar surface area (TPSA) is 29.5 Å². The van der Waals surface area contributed by atoms with E-state index >= 15 is 0 Å². The van der Waals surface area contributed by atoms with Crippen LogP contribution >= 0.6 is 0 Å². The molecule has 1 heterocycles. The van der Waals surface area contributed by atoms with Gasteiger partial charge in [-0.1, -0.05) is 27.7 Å². The highest BCUT2D eigenvalue weighted by atomic mass is 16.5. The molecule has 2 nitrogen and oxygen atoms in total. The second-order valence-corrected chi connectivity index (χ2v) is 5.24. The molecule has 1 saturated heterocycles. The highest BCUT2D eigenvalue weighted by Crippen LogP contribution is 2.45. The normalized spacial score (nSPS) is 34.4. The Morgan fingerprint density at radius 1 is 1.31 bits per heavy atom. The summed E-state index contributed by atoms with van der Waals surface area (Å²) in [6, 6.07) is 0. The van der Waals surface area contributed by atoms with Gasteiger partial charge in [-0.15, -0.1) is 0 Å². The second kappa shape index (κ2) is 3.58. The number of ether oxygens (including phenoxy) is 1. The van der Waals surface area contributed by atoms with Crippen LogP contribution in [-0.4, -0.2) is 23.4 Å². The Labute approximate surface area is 81.3 Å². The van der Waals surface area contributed by atoms with Gasteiger partial charge in [0.1, 0.15) is 0 Å². The SMILES string of the molecule is CC(C)C[C@@H]1O[C@H](C(C)O)C1(C)C. The van der Waals surface area contributed by atoms with Gasteiger partial charge in [0, 0.05) is 5.41 Å². The number of hydrogen-bond acceptors (Lipinski definition) is 2. The molecule has 13 heavy (non-hydrogen) atoms. The molecular weight excluding hydrogens is 164 g/mol. The van der Waals surface area contributed by atoms with Crippen LogP contribution in [0.2, 0.25) is 0 Å². The summed E-state index contributed by atoms with van der Waals surface area (Å²) in [5.41, 5.74) is 0.137. The minimum Gasteiger partial charge on any atom is -0.391 e. The van der Waals surface area contributed by atoms with Gasteiger partial charge in [0.15, 0.2) is 0 Å². The van der Waals surface area contributed by atoms with Crippen LogP contribution in [-0.2, 0) is 4.74 Å². The number of rotatable bonds is 3. The van der Waals surface area contributed by atoms with Crippen LogP contribution in [0.5, 0.6) is 0 Å². The molecule has 2 heteroatoms. The quantitative estimate of drug-likeness (QED) is 0.732. The third-order valence-electron chi connectivity index (χ3n) is 3.00. The van der Waals surface area contributed by atoms with Crippen molar-refractivity contribution in [3.05, 3.63) is 0 Å². The smallest absolute Gasteiger partial charge is 0.0910 e. The lowest BCUT2D eigenvalue weighted by Crippen LogP contribution is -2.60. The van der Waals surface area contributed by atoms with E-state index in [-0.39, 0.29) is 17.6 Å². The molecule has 1 fully saturated rings. The van der Waals surface area contributed by atoms with E-state index in [1.807, 2.05) is 0 Å². The Balaban J connectivity index is 2.49. The van der Waals surface area contributed by atoms with Gasteiger partial charge in [-0.2, -0.15) is 0 Å². The van der Waals surface area contributed by atoms with Crippen LogP contribution in [0, 0.1) is 11.3 Å². The van der Waals surface area contributed by atoms with Crippen molar-refractivity contribution in [1.82, 2.24) is 0 Å². The van der Waals surface area contributed by atoms with Crippen molar-refractivity contribution < 1.29 is 9.84 Å². The van der Waals surface area contributed by atoms with Crippen molar-refractivity contribution in [1.29, 1.82) is 0 Å². The van der Waals surface area contributed by atoms with E-state index in [9.17, 15) is 5.11 Å².